The molecule has 1 aliphatic rings. The number of hydrogen-bond acceptors (Lipinski definition) is 3. The van der Waals surface area contributed by atoms with Crippen molar-refractivity contribution in [1.29, 1.82) is 1.43 Å². The van der Waals surface area contributed by atoms with Crippen LogP contribution in [0.5, 0.6) is 0 Å². The molecule has 70 valence electrons. The topological polar surface area (TPSA) is 46.5 Å². The first-order valence-electron chi connectivity index (χ1n) is 4.85. The number of carbonyl (C=O) groups excluding carboxylic acids is 1. The second-order valence-electron chi connectivity index (χ2n) is 3.50. The fourth-order valence-corrected chi connectivity index (χ4v) is 1.62. The van der Waals surface area contributed by atoms with E-state index in [0.29, 0.717) is 0 Å². The lowest BCUT2D eigenvalue weighted by atomic mass is 9.85. The van der Waals surface area contributed by atoms with Crippen LogP contribution in [-0.4, -0.2) is 24.7 Å². The van der Waals surface area contributed by atoms with Crippen molar-refractivity contribution in [2.45, 2.75) is 39.4 Å². The molecular formula is C9H16O3. The zero-order valence-electron chi connectivity index (χ0n) is 8.74. The highest BCUT2D eigenvalue weighted by atomic mass is 16.5. The van der Waals surface area contributed by atoms with Gasteiger partial charge in [0.15, 0.2) is 0 Å². The van der Waals surface area contributed by atoms with Gasteiger partial charge in [-0.1, -0.05) is 13.8 Å². The normalized spacial score (nSPS) is 43.6. The molecule has 1 fully saturated rings. The van der Waals surface area contributed by atoms with Gasteiger partial charge in [-0.05, 0) is 13.3 Å². The Morgan fingerprint density at radius 2 is 2.33 bits per heavy atom. The van der Waals surface area contributed by atoms with Crippen LogP contribution in [0.4, 0.5) is 0 Å². The van der Waals surface area contributed by atoms with E-state index in [2.05, 4.69) is 5.11 Å². The van der Waals surface area contributed by atoms with Crippen LogP contribution in [0.15, 0.2) is 0 Å². The number of carbonyl (C=O) groups is 1. The molecule has 1 saturated heterocycles. The molecule has 3 heteroatoms. The Bertz CT molecular complexity index is 195. The minimum absolute atomic E-state index is 0.0981. The van der Waals surface area contributed by atoms with Gasteiger partial charge in [0.25, 0.3) is 0 Å². The van der Waals surface area contributed by atoms with Crippen molar-refractivity contribution in [3.63, 3.8) is 0 Å². The van der Waals surface area contributed by atoms with Gasteiger partial charge < -0.3 is 9.85 Å². The fraction of sp³-hybridized carbons (Fsp3) is 0.889. The highest BCUT2D eigenvalue weighted by Gasteiger charge is 2.39. The van der Waals surface area contributed by atoms with Crippen LogP contribution in [0.2, 0.25) is 0 Å². The summed E-state index contributed by atoms with van der Waals surface area (Å²) in [4.78, 5) is 11.3. The van der Waals surface area contributed by atoms with Gasteiger partial charge in [-0.25, -0.2) is 0 Å². The lowest BCUT2D eigenvalue weighted by Crippen LogP contribution is -2.46. The third-order valence-corrected chi connectivity index (χ3v) is 2.64. The number of hydrogen-bond donors (Lipinski definition) is 1. The summed E-state index contributed by atoms with van der Waals surface area (Å²) in [5.74, 6) is -0.465. The van der Waals surface area contributed by atoms with Crippen LogP contribution in [0.3, 0.4) is 0 Å². The van der Waals surface area contributed by atoms with E-state index >= 15 is 0 Å². The summed E-state index contributed by atoms with van der Waals surface area (Å²) >= 11 is 0. The van der Waals surface area contributed by atoms with Gasteiger partial charge in [0, 0.05) is 5.92 Å². The molecule has 0 spiro atoms. The monoisotopic (exact) mass is 173 g/mol. The van der Waals surface area contributed by atoms with Crippen molar-refractivity contribution in [2.24, 2.45) is 11.8 Å². The molecule has 1 heterocycles. The van der Waals surface area contributed by atoms with Crippen LogP contribution < -0.4 is 0 Å². The first-order chi connectivity index (χ1) is 6.11. The fourth-order valence-electron chi connectivity index (χ4n) is 1.62. The minimum atomic E-state index is -0.328. The Kier molecular flexibility index (Phi) is 2.30. The van der Waals surface area contributed by atoms with Gasteiger partial charge in [-0.15, -0.1) is 0 Å². The Labute approximate surface area is 74.2 Å². The number of aliphatic hydroxyl groups is 1. The maximum Gasteiger partial charge on any atom is 0.311 e. The van der Waals surface area contributed by atoms with Crippen LogP contribution >= 0.6 is 0 Å². The summed E-state index contributed by atoms with van der Waals surface area (Å²) in [5.41, 5.74) is 0. The van der Waals surface area contributed by atoms with E-state index < -0.39 is 0 Å². The minimum Gasteiger partial charge on any atom is -0.462 e. The smallest absolute Gasteiger partial charge is 0.311 e. The molecule has 0 saturated carbocycles. The maximum absolute atomic E-state index is 11.3. The summed E-state index contributed by atoms with van der Waals surface area (Å²) in [6.45, 7) is 5.66. The Morgan fingerprint density at radius 3 is 2.83 bits per heavy atom. The van der Waals surface area contributed by atoms with Crippen LogP contribution in [-0.2, 0) is 9.53 Å². The van der Waals surface area contributed by atoms with E-state index in [0.717, 1.165) is 6.42 Å². The molecule has 4 atom stereocenters. The summed E-state index contributed by atoms with van der Waals surface area (Å²) in [5, 5.41) is 4.57. The number of esters is 1. The average Bonchev–Trinajstić information content (AvgIpc) is 2.12. The number of cyclic esters (lactones) is 1. The summed E-state index contributed by atoms with van der Waals surface area (Å²) in [6, 6.07) is 0. The molecule has 1 N–H and O–H groups in total. The molecule has 0 amide bonds. The molecule has 1 rings (SSSR count). The highest BCUT2D eigenvalue weighted by Crippen LogP contribution is 2.27. The zero-order chi connectivity index (χ0) is 10.0. The SMILES string of the molecule is [2H]O[C@H]1[C@@H](C)[C@@H](CC)OC(=O)[C@@H]1C. The van der Waals surface area contributed by atoms with Crippen LogP contribution in [0.1, 0.15) is 27.2 Å². The molecule has 0 aliphatic carbocycles. The van der Waals surface area contributed by atoms with Crippen LogP contribution in [0.25, 0.3) is 0 Å². The second-order valence-corrected chi connectivity index (χ2v) is 3.50. The van der Waals surface area contributed by atoms with E-state index in [1.807, 2.05) is 13.8 Å². The Balaban J connectivity index is 2.74. The van der Waals surface area contributed by atoms with E-state index in [9.17, 15) is 4.79 Å². The van der Waals surface area contributed by atoms with Gasteiger partial charge in [0.05, 0.1) is 12.0 Å². The van der Waals surface area contributed by atoms with Crippen molar-refractivity contribution >= 4 is 5.97 Å². The molecule has 0 radical (unpaired) electrons. The van der Waals surface area contributed by atoms with E-state index in [1.54, 1.807) is 6.92 Å². The third-order valence-electron chi connectivity index (χ3n) is 2.64. The molecule has 0 unspecified atom stereocenters. The van der Waals surface area contributed by atoms with Gasteiger partial charge >= 0.3 is 5.97 Å². The number of aliphatic hydroxyl groups excluding tert-OH is 1. The number of ether oxygens (including phenoxy) is 1. The molecular weight excluding hydrogens is 156 g/mol. The van der Waals surface area contributed by atoms with Crippen molar-refractivity contribution in [2.75, 3.05) is 0 Å². The molecule has 1 aliphatic heterocycles. The maximum atomic E-state index is 11.3. The molecule has 0 aromatic rings. The Hall–Kier alpha value is -0.570. The standard InChI is InChI=1S/C9H16O3/c1-4-7-5(2)8(10)6(3)9(11)12-7/h5-8,10H,4H2,1-3H3/t5-,6+,7+,8-/m0/s1/i10D. The predicted molar refractivity (Wildman–Crippen MR) is 44.5 cm³/mol. The van der Waals surface area contributed by atoms with E-state index in [-0.39, 0.29) is 30.0 Å². The first kappa shape index (κ1) is 8.05. The summed E-state index contributed by atoms with van der Waals surface area (Å²) in [7, 11) is 0. The molecule has 0 bridgehead atoms. The van der Waals surface area contributed by atoms with Crippen molar-refractivity contribution in [3.05, 3.63) is 0 Å². The molecule has 12 heavy (non-hydrogen) atoms. The third kappa shape index (κ3) is 1.46. The van der Waals surface area contributed by atoms with Gasteiger partial charge in [0.1, 0.15) is 6.10 Å². The van der Waals surface area contributed by atoms with Gasteiger partial charge in [-0.2, -0.15) is 0 Å². The van der Waals surface area contributed by atoms with Gasteiger partial charge in [0.2, 0.25) is 1.43 Å². The summed E-state index contributed by atoms with van der Waals surface area (Å²) < 4.78 is 12.1. The molecule has 3 nitrogen and oxygen atoms in total. The predicted octanol–water partition coefficient (Wildman–Crippen LogP) is 0.955. The molecule has 0 aromatic carbocycles. The van der Waals surface area contributed by atoms with Crippen LogP contribution in [0, 0.1) is 11.8 Å². The Morgan fingerprint density at radius 1 is 1.67 bits per heavy atom. The summed E-state index contributed by atoms with van der Waals surface area (Å²) in [6.07, 6.45) is 0.352. The second kappa shape index (κ2) is 3.44. The quantitative estimate of drug-likeness (QED) is 0.632. The highest BCUT2D eigenvalue weighted by molar-refractivity contribution is 5.73. The average molecular weight is 173 g/mol. The van der Waals surface area contributed by atoms with E-state index in [4.69, 9.17) is 6.17 Å². The zero-order valence-corrected chi connectivity index (χ0v) is 7.74. The first-order valence-corrected chi connectivity index (χ1v) is 4.44. The van der Waals surface area contributed by atoms with Gasteiger partial charge in [-0.3, -0.25) is 4.79 Å². The van der Waals surface area contributed by atoms with E-state index in [1.165, 1.54) is 0 Å². The van der Waals surface area contributed by atoms with Crippen molar-refractivity contribution in [1.82, 2.24) is 0 Å². The largest absolute Gasteiger partial charge is 0.462 e. The van der Waals surface area contributed by atoms with Crippen molar-refractivity contribution < 1.29 is 14.6 Å². The lowest BCUT2D eigenvalue weighted by molar-refractivity contribution is -0.177. The van der Waals surface area contributed by atoms with Crippen molar-refractivity contribution in [3.8, 4) is 0 Å². The lowest BCUT2D eigenvalue weighted by Gasteiger charge is -2.35. The number of rotatable bonds is 2. The molecule has 0 aromatic heterocycles.